The predicted molar refractivity (Wildman–Crippen MR) is 215 cm³/mol. The molecule has 1 aromatic carbocycles. The minimum atomic E-state index is -3.70. The third kappa shape index (κ3) is 11.4. The molecule has 3 rings (SSSR count). The molecule has 2 aliphatic rings. The minimum absolute atomic E-state index is 0.00795. The summed E-state index contributed by atoms with van der Waals surface area (Å²) in [5.41, 5.74) is 1.60. The van der Waals surface area contributed by atoms with Gasteiger partial charge < -0.3 is 26.2 Å². The van der Waals surface area contributed by atoms with Crippen LogP contribution in [0.15, 0.2) is 36.9 Å². The van der Waals surface area contributed by atoms with Crippen molar-refractivity contribution < 1.29 is 32.4 Å². The van der Waals surface area contributed by atoms with Crippen LogP contribution < -0.4 is 21.3 Å². The van der Waals surface area contributed by atoms with Crippen molar-refractivity contribution in [3.8, 4) is 0 Å². The average molecular weight is 787 g/mol. The zero-order valence-electron chi connectivity index (χ0n) is 34.7. The number of likely N-dealkylation sites (N-methyl/N-ethyl adjacent to an activating group) is 1. The summed E-state index contributed by atoms with van der Waals surface area (Å²) in [5.74, 6) is -3.03. The van der Waals surface area contributed by atoms with Crippen LogP contribution in [0.1, 0.15) is 99.1 Å². The molecule has 5 atom stereocenters. The Kier molecular flexibility index (Phi) is 15.7. The number of amides is 5. The smallest absolute Gasteiger partial charge is 0.315 e. The summed E-state index contributed by atoms with van der Waals surface area (Å²) in [7, 11) is -2.20. The largest absolute Gasteiger partial charge is 0.346 e. The molecule has 1 aliphatic carbocycles. The van der Waals surface area contributed by atoms with Gasteiger partial charge in [-0.25, -0.2) is 17.5 Å². The van der Waals surface area contributed by atoms with Crippen molar-refractivity contribution in [2.75, 3.05) is 26.7 Å². The van der Waals surface area contributed by atoms with Gasteiger partial charge in [0.05, 0.1) is 10.8 Å². The topological polar surface area (TPSA) is 174 Å². The predicted octanol–water partition coefficient (Wildman–Crippen LogP) is 3.96. The van der Waals surface area contributed by atoms with E-state index >= 15 is 0 Å². The number of unbranched alkanes of at least 4 members (excludes halogenated alkanes) is 1. The van der Waals surface area contributed by atoms with Crippen LogP contribution >= 0.6 is 0 Å². The van der Waals surface area contributed by atoms with Crippen molar-refractivity contribution in [2.45, 2.75) is 130 Å². The molecular weight excluding hydrogens is 721 g/mol. The molecule has 1 fully saturated rings. The van der Waals surface area contributed by atoms with Crippen LogP contribution in [0.25, 0.3) is 0 Å². The summed E-state index contributed by atoms with van der Waals surface area (Å²) in [6.07, 6.45) is 4.69. The summed E-state index contributed by atoms with van der Waals surface area (Å²) in [6, 6.07) is 3.64. The molecule has 4 N–H and O–H groups in total. The first-order chi connectivity index (χ1) is 25.5. The number of sulfonamides is 1. The minimum Gasteiger partial charge on any atom is -0.346 e. The van der Waals surface area contributed by atoms with Gasteiger partial charge >= 0.3 is 6.03 Å². The highest BCUT2D eigenvalue weighted by molar-refractivity contribution is 7.90. The van der Waals surface area contributed by atoms with Crippen molar-refractivity contribution in [3.63, 3.8) is 0 Å². The summed E-state index contributed by atoms with van der Waals surface area (Å²) in [6.45, 7) is 20.5. The summed E-state index contributed by atoms with van der Waals surface area (Å²) in [4.78, 5) is 70.7. The molecule has 1 saturated heterocycles. The van der Waals surface area contributed by atoms with Crippen LogP contribution in [-0.4, -0.2) is 103 Å². The molecule has 1 unspecified atom stereocenters. The number of nitrogens with one attached hydrogen (secondary N) is 4. The van der Waals surface area contributed by atoms with Gasteiger partial charge in [-0.05, 0) is 80.8 Å². The molecule has 5 amide bonds. The summed E-state index contributed by atoms with van der Waals surface area (Å²) >= 11 is 0. The molecule has 1 aliphatic heterocycles. The fraction of sp³-hybridized carbons (Fsp3) is 0.683. The van der Waals surface area contributed by atoms with Gasteiger partial charge in [0.15, 0.2) is 0 Å². The van der Waals surface area contributed by atoms with Gasteiger partial charge in [-0.15, -0.1) is 6.58 Å². The normalized spacial score (nSPS) is 19.4. The molecule has 0 radical (unpaired) electrons. The van der Waals surface area contributed by atoms with Crippen LogP contribution in [0, 0.1) is 23.2 Å². The second kappa shape index (κ2) is 18.9. The lowest BCUT2D eigenvalue weighted by Gasteiger charge is -2.37. The molecule has 55 heavy (non-hydrogen) atoms. The van der Waals surface area contributed by atoms with E-state index in [1.54, 1.807) is 20.8 Å². The Hall–Kier alpha value is -3.78. The molecule has 0 bridgehead atoms. The third-order valence-corrected chi connectivity index (χ3v) is 13.6. The number of carbonyl (C=O) groups is 5. The Balaban J connectivity index is 1.96. The van der Waals surface area contributed by atoms with E-state index < -0.39 is 73.9 Å². The van der Waals surface area contributed by atoms with Gasteiger partial charge in [-0.2, -0.15) is 0 Å². The first-order valence-corrected chi connectivity index (χ1v) is 21.1. The molecule has 14 heteroatoms. The van der Waals surface area contributed by atoms with Gasteiger partial charge in [0, 0.05) is 32.7 Å². The summed E-state index contributed by atoms with van der Waals surface area (Å²) < 4.78 is 26.7. The standard InChI is InChI=1S/C41H66N6O7S/c1-12-14-19-31(35(48)37(50)42-21-13-2)43-36(49)34-30(26(3)4)20-22-47(34)38(51)33(29-23-27-17-15-16-18-28(27)24-29)45-39(52)44-32(40(5,6)7)25-46(11)55(53,54)41(8,9)10/h13,15-18,26,29-34H,2,12,14,19-25H2,1,3-11H3,(H,42,50)(H,43,49)(H2,44,45,52)/t30-,31?,32-,33+,34+/m1/s1. The number of benzene rings is 1. The molecule has 1 aromatic rings. The first-order valence-electron chi connectivity index (χ1n) is 19.7. The van der Waals surface area contributed by atoms with Crippen LogP contribution in [0.4, 0.5) is 4.79 Å². The van der Waals surface area contributed by atoms with Crippen LogP contribution in [-0.2, 0) is 42.0 Å². The summed E-state index contributed by atoms with van der Waals surface area (Å²) in [5, 5.41) is 11.3. The van der Waals surface area contributed by atoms with E-state index in [4.69, 9.17) is 0 Å². The number of Topliss-reactive ketones (excluding diaryl/α,β-unsaturated/α-hetero) is 1. The molecule has 13 nitrogen and oxygen atoms in total. The zero-order chi connectivity index (χ0) is 41.5. The lowest BCUT2D eigenvalue weighted by Crippen LogP contribution is -2.61. The Bertz CT molecular complexity index is 1640. The number of carbonyl (C=O) groups excluding carboxylic acids is 5. The maximum Gasteiger partial charge on any atom is 0.315 e. The number of fused-ring (bicyclic) bond motifs is 1. The van der Waals surface area contributed by atoms with E-state index in [0.29, 0.717) is 25.7 Å². The van der Waals surface area contributed by atoms with Gasteiger partial charge in [0.25, 0.3) is 5.91 Å². The van der Waals surface area contributed by atoms with Crippen molar-refractivity contribution >= 4 is 39.6 Å². The van der Waals surface area contributed by atoms with Crippen molar-refractivity contribution in [2.24, 2.45) is 23.2 Å². The Morgan fingerprint density at radius 1 is 0.982 bits per heavy atom. The number of hydrogen-bond donors (Lipinski definition) is 4. The van der Waals surface area contributed by atoms with Crippen LogP contribution in [0.5, 0.6) is 0 Å². The van der Waals surface area contributed by atoms with E-state index in [0.717, 1.165) is 17.5 Å². The lowest BCUT2D eigenvalue weighted by molar-refractivity contribution is -0.144. The van der Waals surface area contributed by atoms with Gasteiger partial charge in [0.2, 0.25) is 27.6 Å². The quantitative estimate of drug-likeness (QED) is 0.137. The monoisotopic (exact) mass is 786 g/mol. The van der Waals surface area contributed by atoms with Crippen LogP contribution in [0.3, 0.4) is 0 Å². The van der Waals surface area contributed by atoms with Crippen molar-refractivity contribution in [3.05, 3.63) is 48.0 Å². The Morgan fingerprint density at radius 3 is 2.09 bits per heavy atom. The van der Waals surface area contributed by atoms with E-state index in [1.165, 1.54) is 22.3 Å². The van der Waals surface area contributed by atoms with E-state index in [-0.39, 0.29) is 43.8 Å². The lowest BCUT2D eigenvalue weighted by atomic mass is 9.86. The molecule has 0 spiro atoms. The van der Waals surface area contributed by atoms with E-state index in [1.807, 2.05) is 65.8 Å². The van der Waals surface area contributed by atoms with Gasteiger partial charge in [0.1, 0.15) is 12.1 Å². The fourth-order valence-corrected chi connectivity index (χ4v) is 8.81. The average Bonchev–Trinajstić information content (AvgIpc) is 3.75. The number of urea groups is 1. The van der Waals surface area contributed by atoms with Crippen molar-refractivity contribution in [1.29, 1.82) is 0 Å². The number of ketones is 1. The van der Waals surface area contributed by atoms with Gasteiger partial charge in [-0.1, -0.05) is 84.7 Å². The SMILES string of the molecule is C=CCNC(=O)C(=O)C(CCCC)NC(=O)[C@@H]1[C@@H](C(C)C)CCN1C(=O)[C@@H](NC(=O)N[C@H](CN(C)S(=O)(=O)C(C)(C)C)C(C)(C)C)C1Cc2ccccc2C1. The van der Waals surface area contributed by atoms with E-state index in [9.17, 15) is 32.4 Å². The molecule has 308 valence electrons. The van der Waals surface area contributed by atoms with Crippen LogP contribution in [0.2, 0.25) is 0 Å². The molecule has 0 saturated carbocycles. The maximum atomic E-state index is 14.9. The third-order valence-electron chi connectivity index (χ3n) is 11.0. The second-order valence-corrected chi connectivity index (χ2v) is 20.4. The highest BCUT2D eigenvalue weighted by Crippen LogP contribution is 2.35. The molecule has 1 heterocycles. The second-order valence-electron chi connectivity index (χ2n) is 17.6. The van der Waals surface area contributed by atoms with E-state index in [2.05, 4.69) is 27.8 Å². The zero-order valence-corrected chi connectivity index (χ0v) is 35.5. The number of likely N-dealkylation sites (tertiary alicyclic amines) is 1. The highest BCUT2D eigenvalue weighted by Gasteiger charge is 2.48. The van der Waals surface area contributed by atoms with Gasteiger partial charge in [-0.3, -0.25) is 19.2 Å². The maximum absolute atomic E-state index is 14.9. The van der Waals surface area contributed by atoms with Crippen molar-refractivity contribution in [1.82, 2.24) is 30.5 Å². The number of hydrogen-bond acceptors (Lipinski definition) is 7. The Morgan fingerprint density at radius 2 is 1.58 bits per heavy atom. The number of rotatable bonds is 17. The molecule has 0 aromatic heterocycles. The first kappa shape index (κ1) is 45.6. The number of nitrogens with zero attached hydrogens (tertiary/aromatic N) is 2. The highest BCUT2D eigenvalue weighted by atomic mass is 32.2. The fourth-order valence-electron chi connectivity index (χ4n) is 7.53. The Labute approximate surface area is 329 Å². The molecular formula is C41H66N6O7S.